The highest BCUT2D eigenvalue weighted by Gasteiger charge is 2.29. The molecule has 4 nitrogen and oxygen atoms in total. The first-order valence-corrected chi connectivity index (χ1v) is 7.78. The third-order valence-corrected chi connectivity index (χ3v) is 3.70. The van der Waals surface area contributed by atoms with E-state index < -0.39 is 0 Å². The molecule has 0 aromatic carbocycles. The van der Waals surface area contributed by atoms with Gasteiger partial charge in [-0.3, -0.25) is 4.79 Å². The van der Waals surface area contributed by atoms with Crippen molar-refractivity contribution in [2.45, 2.75) is 52.0 Å². The smallest absolute Gasteiger partial charge is 0.265 e. The molecule has 0 aliphatic heterocycles. The Kier molecular flexibility index (Phi) is 4.89. The fourth-order valence-electron chi connectivity index (χ4n) is 1.49. The van der Waals surface area contributed by atoms with E-state index >= 15 is 0 Å². The third-order valence-electron chi connectivity index (χ3n) is 2.58. The predicted molar refractivity (Wildman–Crippen MR) is 78.6 cm³/mol. The molecule has 0 fully saturated rings. The van der Waals surface area contributed by atoms with Gasteiger partial charge in [-0.1, -0.05) is 41.2 Å². The molecule has 1 amide bonds. The number of nitrogens with one attached hydrogen (secondary N) is 1. The molecule has 0 radical (unpaired) electrons. The van der Waals surface area contributed by atoms with Crippen LogP contribution in [0.25, 0.3) is 0 Å². The minimum absolute atomic E-state index is 0.0825. The maximum Gasteiger partial charge on any atom is 0.265 e. The van der Waals surface area contributed by atoms with E-state index in [0.29, 0.717) is 4.88 Å². The highest BCUT2D eigenvalue weighted by atomic mass is 79.9. The monoisotopic (exact) mass is 333 g/mol. The number of hydrogen-bond donors (Lipinski definition) is 1. The summed E-state index contributed by atoms with van der Waals surface area (Å²) in [6, 6.07) is 0. The SMILES string of the molecule is CC(C)(CCBr)NC(=O)c1snnc1C(C)(C)C. The second kappa shape index (κ2) is 5.65. The topological polar surface area (TPSA) is 54.9 Å². The van der Waals surface area contributed by atoms with Crippen LogP contribution < -0.4 is 5.32 Å². The van der Waals surface area contributed by atoms with Crippen molar-refractivity contribution < 1.29 is 4.79 Å². The van der Waals surface area contributed by atoms with Crippen LogP contribution in [0.1, 0.15) is 56.4 Å². The van der Waals surface area contributed by atoms with E-state index in [9.17, 15) is 4.79 Å². The zero-order valence-electron chi connectivity index (χ0n) is 11.5. The number of carbonyl (C=O) groups excluding carboxylic acids is 1. The van der Waals surface area contributed by atoms with E-state index in [2.05, 4.69) is 30.8 Å². The molecule has 0 aliphatic carbocycles. The van der Waals surface area contributed by atoms with Gasteiger partial charge in [-0.05, 0) is 31.8 Å². The standard InChI is InChI=1S/C12H20BrN3OS/c1-11(2,3)9-8(18-16-15-9)10(17)14-12(4,5)6-7-13/h6-7H2,1-5H3,(H,14,17). The van der Waals surface area contributed by atoms with Crippen LogP contribution in [0.15, 0.2) is 0 Å². The van der Waals surface area contributed by atoms with Gasteiger partial charge in [0.2, 0.25) is 0 Å². The molecule has 102 valence electrons. The van der Waals surface area contributed by atoms with Crippen molar-refractivity contribution in [3.63, 3.8) is 0 Å². The van der Waals surface area contributed by atoms with Crippen LogP contribution in [0, 0.1) is 0 Å². The fourth-order valence-corrected chi connectivity index (χ4v) is 3.26. The molecule has 1 N–H and O–H groups in total. The number of rotatable bonds is 4. The largest absolute Gasteiger partial charge is 0.346 e. The van der Waals surface area contributed by atoms with Crippen molar-refractivity contribution in [2.24, 2.45) is 0 Å². The number of aromatic nitrogens is 2. The van der Waals surface area contributed by atoms with E-state index in [1.165, 1.54) is 0 Å². The van der Waals surface area contributed by atoms with Crippen molar-refractivity contribution in [1.29, 1.82) is 0 Å². The first-order valence-electron chi connectivity index (χ1n) is 5.89. The zero-order chi connectivity index (χ0) is 14.0. The van der Waals surface area contributed by atoms with Crippen LogP contribution in [0.2, 0.25) is 0 Å². The quantitative estimate of drug-likeness (QED) is 0.861. The van der Waals surface area contributed by atoms with Crippen LogP contribution >= 0.6 is 27.5 Å². The Morgan fingerprint density at radius 2 is 1.94 bits per heavy atom. The minimum Gasteiger partial charge on any atom is -0.346 e. The van der Waals surface area contributed by atoms with Crippen LogP contribution in [0.5, 0.6) is 0 Å². The van der Waals surface area contributed by atoms with Crippen molar-refractivity contribution in [2.75, 3.05) is 5.33 Å². The summed E-state index contributed by atoms with van der Waals surface area (Å²) >= 11 is 4.56. The Balaban J connectivity index is 2.89. The molecule has 18 heavy (non-hydrogen) atoms. The summed E-state index contributed by atoms with van der Waals surface area (Å²) in [6.45, 7) is 10.1. The summed E-state index contributed by atoms with van der Waals surface area (Å²) in [5, 5.41) is 7.97. The van der Waals surface area contributed by atoms with Crippen molar-refractivity contribution in [3.05, 3.63) is 10.6 Å². The summed E-state index contributed by atoms with van der Waals surface area (Å²) in [5.74, 6) is -0.0825. The Morgan fingerprint density at radius 3 is 2.44 bits per heavy atom. The molecule has 6 heteroatoms. The van der Waals surface area contributed by atoms with Gasteiger partial charge in [-0.25, -0.2) is 0 Å². The molecule has 0 unspecified atom stereocenters. The summed E-state index contributed by atoms with van der Waals surface area (Å²) in [6.07, 6.45) is 0.871. The van der Waals surface area contributed by atoms with Crippen molar-refractivity contribution in [1.82, 2.24) is 14.9 Å². The van der Waals surface area contributed by atoms with Gasteiger partial charge in [0.15, 0.2) is 0 Å². The number of alkyl halides is 1. The van der Waals surface area contributed by atoms with E-state index in [0.717, 1.165) is 29.0 Å². The molecule has 1 aromatic rings. The second-order valence-corrected chi connectivity index (χ2v) is 7.52. The maximum atomic E-state index is 12.3. The molecule has 0 saturated carbocycles. The van der Waals surface area contributed by atoms with Gasteiger partial charge < -0.3 is 5.32 Å². The van der Waals surface area contributed by atoms with Crippen LogP contribution in [0.3, 0.4) is 0 Å². The lowest BCUT2D eigenvalue weighted by atomic mass is 9.91. The average Bonchev–Trinajstić information content (AvgIpc) is 2.63. The molecule has 0 aliphatic rings. The van der Waals surface area contributed by atoms with Gasteiger partial charge in [0.1, 0.15) is 4.88 Å². The first-order chi connectivity index (χ1) is 8.17. The number of amides is 1. The summed E-state index contributed by atoms with van der Waals surface area (Å²) in [5.41, 5.74) is 0.360. The lowest BCUT2D eigenvalue weighted by molar-refractivity contribution is 0.0913. The lowest BCUT2D eigenvalue weighted by Gasteiger charge is -2.25. The van der Waals surface area contributed by atoms with Crippen LogP contribution in [-0.2, 0) is 5.41 Å². The molecule has 1 aromatic heterocycles. The number of halogens is 1. The first kappa shape index (κ1) is 15.6. The maximum absolute atomic E-state index is 12.3. The van der Waals surface area contributed by atoms with E-state index in [1.54, 1.807) is 0 Å². The summed E-state index contributed by atoms with van der Waals surface area (Å²) in [7, 11) is 0. The highest BCUT2D eigenvalue weighted by Crippen LogP contribution is 2.26. The van der Waals surface area contributed by atoms with Crippen molar-refractivity contribution in [3.8, 4) is 0 Å². The van der Waals surface area contributed by atoms with Gasteiger partial charge in [-0.15, -0.1) is 5.10 Å². The van der Waals surface area contributed by atoms with Crippen molar-refractivity contribution >= 4 is 33.4 Å². The normalized spacial score (nSPS) is 12.6. The van der Waals surface area contributed by atoms with Gasteiger partial charge >= 0.3 is 0 Å². The molecule has 0 saturated heterocycles. The highest BCUT2D eigenvalue weighted by molar-refractivity contribution is 9.09. The van der Waals surface area contributed by atoms with E-state index in [4.69, 9.17) is 0 Å². The zero-order valence-corrected chi connectivity index (χ0v) is 13.9. The number of nitrogens with zero attached hydrogens (tertiary/aromatic N) is 2. The Bertz CT molecular complexity index is 423. The van der Waals surface area contributed by atoms with Gasteiger partial charge in [0.05, 0.1) is 5.69 Å². The molecule has 0 bridgehead atoms. The van der Waals surface area contributed by atoms with Crippen LogP contribution in [0.4, 0.5) is 0 Å². The van der Waals surface area contributed by atoms with Gasteiger partial charge in [-0.2, -0.15) is 0 Å². The molecule has 1 rings (SSSR count). The number of hydrogen-bond acceptors (Lipinski definition) is 4. The van der Waals surface area contributed by atoms with Crippen LogP contribution in [-0.4, -0.2) is 26.4 Å². The molecule has 0 atom stereocenters. The Morgan fingerprint density at radius 1 is 1.33 bits per heavy atom. The Hall–Kier alpha value is -0.490. The summed E-state index contributed by atoms with van der Waals surface area (Å²) in [4.78, 5) is 12.9. The lowest BCUT2D eigenvalue weighted by Crippen LogP contribution is -2.44. The van der Waals surface area contributed by atoms with Gasteiger partial charge in [0.25, 0.3) is 5.91 Å². The fraction of sp³-hybridized carbons (Fsp3) is 0.750. The van der Waals surface area contributed by atoms with E-state index in [-0.39, 0.29) is 16.9 Å². The average molecular weight is 334 g/mol. The minimum atomic E-state index is -0.236. The third kappa shape index (κ3) is 4.02. The summed E-state index contributed by atoms with van der Waals surface area (Å²) < 4.78 is 3.91. The predicted octanol–water partition coefficient (Wildman–Crippen LogP) is 3.13. The molecule has 1 heterocycles. The molecular formula is C12H20BrN3OS. The number of carbonyl (C=O) groups is 1. The van der Waals surface area contributed by atoms with E-state index in [1.807, 2.05) is 34.6 Å². The molecule has 0 spiro atoms. The molecular weight excluding hydrogens is 314 g/mol. The second-order valence-electron chi connectivity index (χ2n) is 5.98. The van der Waals surface area contributed by atoms with Gasteiger partial charge in [0, 0.05) is 16.3 Å². The Labute approximate surface area is 121 Å².